The number of hydrogen-bond donors (Lipinski definition) is 1. The predicted molar refractivity (Wildman–Crippen MR) is 83.1 cm³/mol. The van der Waals surface area contributed by atoms with Gasteiger partial charge in [0, 0.05) is 42.9 Å². The average molecular weight is 314 g/mol. The van der Waals surface area contributed by atoms with Crippen LogP contribution in [0, 0.1) is 10.1 Å². The summed E-state index contributed by atoms with van der Waals surface area (Å²) >= 11 is 0. The smallest absolute Gasteiger partial charge is 0.273 e. The number of nitro groups is 1. The summed E-state index contributed by atoms with van der Waals surface area (Å²) in [6.07, 6.45) is 0.578. The summed E-state index contributed by atoms with van der Waals surface area (Å²) in [5.41, 5.74) is 1.07. The molecule has 116 valence electrons. The molecule has 21 heavy (non-hydrogen) atoms. The van der Waals surface area contributed by atoms with Gasteiger partial charge in [-0.1, -0.05) is 13.0 Å². The molecule has 0 spiro atoms. The van der Waals surface area contributed by atoms with Crippen molar-refractivity contribution in [1.82, 2.24) is 10.2 Å². The number of carbonyl (C=O) groups excluding carboxylic acids is 1. The van der Waals surface area contributed by atoms with E-state index in [1.165, 1.54) is 6.07 Å². The molecule has 0 bridgehead atoms. The lowest BCUT2D eigenvalue weighted by atomic mass is 10.1. The second-order valence-electron chi connectivity index (χ2n) is 5.01. The lowest BCUT2D eigenvalue weighted by molar-refractivity contribution is -0.385. The molecule has 1 N–H and O–H groups in total. The summed E-state index contributed by atoms with van der Waals surface area (Å²) in [4.78, 5) is 24.9. The number of aryl methyl sites for hydroxylation is 1. The lowest BCUT2D eigenvalue weighted by Crippen LogP contribution is -2.52. The van der Waals surface area contributed by atoms with E-state index in [9.17, 15) is 14.9 Å². The van der Waals surface area contributed by atoms with E-state index in [4.69, 9.17) is 0 Å². The molecule has 1 fully saturated rings. The van der Waals surface area contributed by atoms with E-state index in [0.717, 1.165) is 13.1 Å². The highest BCUT2D eigenvalue weighted by molar-refractivity contribution is 5.95. The number of rotatable bonds is 3. The van der Waals surface area contributed by atoms with Gasteiger partial charge in [0.25, 0.3) is 11.6 Å². The van der Waals surface area contributed by atoms with Gasteiger partial charge >= 0.3 is 0 Å². The van der Waals surface area contributed by atoms with Crippen molar-refractivity contribution >= 4 is 24.0 Å². The summed E-state index contributed by atoms with van der Waals surface area (Å²) in [5.74, 6) is -0.134. The first-order valence-electron chi connectivity index (χ1n) is 6.83. The van der Waals surface area contributed by atoms with Gasteiger partial charge in [-0.3, -0.25) is 14.9 Å². The van der Waals surface area contributed by atoms with E-state index in [2.05, 4.69) is 5.32 Å². The third kappa shape index (κ3) is 3.71. The Bertz CT molecular complexity index is 536. The van der Waals surface area contributed by atoms with E-state index in [1.54, 1.807) is 17.0 Å². The second-order valence-corrected chi connectivity index (χ2v) is 5.01. The van der Waals surface area contributed by atoms with Crippen LogP contribution in [0.5, 0.6) is 0 Å². The van der Waals surface area contributed by atoms with Crippen LogP contribution in [-0.2, 0) is 6.42 Å². The Labute approximate surface area is 130 Å². The molecule has 1 aliphatic heterocycles. The molecule has 1 unspecified atom stereocenters. The number of nitro benzene ring substituents is 1. The molecule has 6 nitrogen and oxygen atoms in total. The maximum Gasteiger partial charge on any atom is 0.273 e. The van der Waals surface area contributed by atoms with Crippen LogP contribution in [0.2, 0.25) is 0 Å². The van der Waals surface area contributed by atoms with E-state index >= 15 is 0 Å². The van der Waals surface area contributed by atoms with E-state index in [-0.39, 0.29) is 30.0 Å². The van der Waals surface area contributed by atoms with Crippen LogP contribution in [0.3, 0.4) is 0 Å². The number of nitrogens with one attached hydrogen (secondary N) is 1. The van der Waals surface area contributed by atoms with Gasteiger partial charge in [-0.15, -0.1) is 12.4 Å². The van der Waals surface area contributed by atoms with Gasteiger partial charge in [0.05, 0.1) is 4.92 Å². The van der Waals surface area contributed by atoms with Gasteiger partial charge in [-0.05, 0) is 19.4 Å². The predicted octanol–water partition coefficient (Wildman–Crippen LogP) is 2.01. The molecule has 0 aromatic heterocycles. The molecule has 7 heteroatoms. The number of halogens is 1. The van der Waals surface area contributed by atoms with Gasteiger partial charge < -0.3 is 10.2 Å². The molecule has 0 aliphatic carbocycles. The SMILES string of the molecule is CCc1ccc(C(=O)N2CCNCC2C)cc1[N+](=O)[O-].Cl. The number of piperazine rings is 1. The van der Waals surface area contributed by atoms with Crippen LogP contribution in [0.15, 0.2) is 18.2 Å². The fraction of sp³-hybridized carbons (Fsp3) is 0.500. The standard InChI is InChI=1S/C14H19N3O3.ClH/c1-3-11-4-5-12(8-13(11)17(19)20)14(18)16-7-6-15-9-10(16)2;/h4-5,8,10,15H,3,6-7,9H2,1-2H3;1H. The van der Waals surface area contributed by atoms with Crippen LogP contribution < -0.4 is 5.32 Å². The third-order valence-electron chi connectivity index (χ3n) is 3.67. The number of amides is 1. The van der Waals surface area contributed by atoms with E-state index in [1.807, 2.05) is 13.8 Å². The molecular formula is C14H20ClN3O3. The molecule has 1 amide bonds. The Morgan fingerprint density at radius 3 is 2.81 bits per heavy atom. The maximum absolute atomic E-state index is 12.5. The molecule has 1 heterocycles. The number of nitrogens with zero attached hydrogens (tertiary/aromatic N) is 2. The summed E-state index contributed by atoms with van der Waals surface area (Å²) < 4.78 is 0. The van der Waals surface area contributed by atoms with Gasteiger partial charge in [0.1, 0.15) is 0 Å². The van der Waals surface area contributed by atoms with Crippen LogP contribution >= 0.6 is 12.4 Å². The Morgan fingerprint density at radius 2 is 2.24 bits per heavy atom. The van der Waals surface area contributed by atoms with Crippen molar-refractivity contribution in [3.8, 4) is 0 Å². The summed E-state index contributed by atoms with van der Waals surface area (Å²) in [7, 11) is 0. The van der Waals surface area contributed by atoms with Crippen LogP contribution in [0.4, 0.5) is 5.69 Å². The maximum atomic E-state index is 12.5. The fourth-order valence-corrected chi connectivity index (χ4v) is 2.47. The monoisotopic (exact) mass is 313 g/mol. The van der Waals surface area contributed by atoms with Crippen molar-refractivity contribution in [3.05, 3.63) is 39.4 Å². The van der Waals surface area contributed by atoms with Crippen LogP contribution in [0.1, 0.15) is 29.8 Å². The summed E-state index contributed by atoms with van der Waals surface area (Å²) in [5, 5.41) is 14.3. The molecule has 1 aromatic carbocycles. The minimum absolute atomic E-state index is 0. The Balaban J connectivity index is 0.00000220. The molecule has 2 rings (SSSR count). The topological polar surface area (TPSA) is 75.5 Å². The molecular weight excluding hydrogens is 294 g/mol. The van der Waals surface area contributed by atoms with Gasteiger partial charge in [0.2, 0.25) is 0 Å². The fourth-order valence-electron chi connectivity index (χ4n) is 2.47. The quantitative estimate of drug-likeness (QED) is 0.684. The highest BCUT2D eigenvalue weighted by atomic mass is 35.5. The van der Waals surface area contributed by atoms with Crippen LogP contribution in [-0.4, -0.2) is 41.4 Å². The van der Waals surface area contributed by atoms with Crippen molar-refractivity contribution in [3.63, 3.8) is 0 Å². The number of carbonyl (C=O) groups is 1. The van der Waals surface area contributed by atoms with E-state index in [0.29, 0.717) is 24.1 Å². The molecule has 0 radical (unpaired) electrons. The zero-order valence-corrected chi connectivity index (χ0v) is 13.0. The van der Waals surface area contributed by atoms with Crippen molar-refractivity contribution in [1.29, 1.82) is 0 Å². The summed E-state index contributed by atoms with van der Waals surface area (Å²) in [6, 6.07) is 4.86. The van der Waals surface area contributed by atoms with Gasteiger partial charge in [0.15, 0.2) is 0 Å². The van der Waals surface area contributed by atoms with Crippen molar-refractivity contribution in [2.75, 3.05) is 19.6 Å². The summed E-state index contributed by atoms with van der Waals surface area (Å²) in [6.45, 7) is 5.97. The van der Waals surface area contributed by atoms with Crippen molar-refractivity contribution in [2.45, 2.75) is 26.3 Å². The van der Waals surface area contributed by atoms with Crippen molar-refractivity contribution < 1.29 is 9.72 Å². The first-order chi connectivity index (χ1) is 9.54. The first-order valence-corrected chi connectivity index (χ1v) is 6.83. The molecule has 0 saturated carbocycles. The normalized spacial score (nSPS) is 18.0. The lowest BCUT2D eigenvalue weighted by Gasteiger charge is -2.34. The largest absolute Gasteiger partial charge is 0.333 e. The van der Waals surface area contributed by atoms with Crippen LogP contribution in [0.25, 0.3) is 0 Å². The van der Waals surface area contributed by atoms with Gasteiger partial charge in [-0.25, -0.2) is 0 Å². The zero-order valence-electron chi connectivity index (χ0n) is 12.2. The molecule has 1 aromatic rings. The highest BCUT2D eigenvalue weighted by Gasteiger charge is 2.25. The van der Waals surface area contributed by atoms with Crippen molar-refractivity contribution in [2.24, 2.45) is 0 Å². The average Bonchev–Trinajstić information content (AvgIpc) is 2.46. The number of hydrogen-bond acceptors (Lipinski definition) is 4. The Morgan fingerprint density at radius 1 is 1.52 bits per heavy atom. The Kier molecular flexibility index (Phi) is 6.11. The molecule has 1 aliphatic rings. The second kappa shape index (κ2) is 7.38. The molecule has 1 saturated heterocycles. The van der Waals surface area contributed by atoms with Gasteiger partial charge in [-0.2, -0.15) is 0 Å². The third-order valence-corrected chi connectivity index (χ3v) is 3.67. The zero-order chi connectivity index (χ0) is 14.7. The Hall–Kier alpha value is -1.66. The minimum atomic E-state index is -0.420. The minimum Gasteiger partial charge on any atom is -0.333 e. The van der Waals surface area contributed by atoms with E-state index < -0.39 is 4.92 Å². The highest BCUT2D eigenvalue weighted by Crippen LogP contribution is 2.22. The first kappa shape index (κ1) is 17.4. The molecule has 1 atom stereocenters. The number of benzene rings is 1.